The van der Waals surface area contributed by atoms with Crippen LogP contribution < -0.4 is 5.32 Å². The van der Waals surface area contributed by atoms with E-state index in [1.165, 1.54) is 0 Å². The van der Waals surface area contributed by atoms with Gasteiger partial charge in [-0.2, -0.15) is 0 Å². The summed E-state index contributed by atoms with van der Waals surface area (Å²) in [6.45, 7) is 3.96. The van der Waals surface area contributed by atoms with Crippen LogP contribution >= 0.6 is 0 Å². The predicted octanol–water partition coefficient (Wildman–Crippen LogP) is 1.79. The van der Waals surface area contributed by atoms with Gasteiger partial charge >= 0.3 is 5.97 Å². The Morgan fingerprint density at radius 2 is 1.88 bits per heavy atom. The lowest BCUT2D eigenvalue weighted by atomic mass is 9.82. The third-order valence-corrected chi connectivity index (χ3v) is 3.41. The van der Waals surface area contributed by atoms with E-state index in [0.29, 0.717) is 12.3 Å². The minimum absolute atomic E-state index is 0.0181. The molecule has 0 spiro atoms. The van der Waals surface area contributed by atoms with E-state index in [1.807, 2.05) is 0 Å². The Bertz CT molecular complexity index is 257. The van der Waals surface area contributed by atoms with Gasteiger partial charge in [0.1, 0.15) is 6.04 Å². The summed E-state index contributed by atoms with van der Waals surface area (Å²) in [4.78, 5) is 22.6. The van der Waals surface area contributed by atoms with Crippen molar-refractivity contribution in [1.29, 1.82) is 0 Å². The van der Waals surface area contributed by atoms with Crippen LogP contribution in [0.5, 0.6) is 0 Å². The minimum Gasteiger partial charge on any atom is -0.480 e. The quantitative estimate of drug-likeness (QED) is 0.769. The van der Waals surface area contributed by atoms with Gasteiger partial charge in [0.2, 0.25) is 5.91 Å². The van der Waals surface area contributed by atoms with Crippen molar-refractivity contribution < 1.29 is 14.7 Å². The molecule has 0 aromatic rings. The topological polar surface area (TPSA) is 66.4 Å². The Morgan fingerprint density at radius 3 is 2.31 bits per heavy atom. The molecule has 0 aromatic carbocycles. The van der Waals surface area contributed by atoms with Crippen LogP contribution in [-0.2, 0) is 9.59 Å². The number of carboxylic acids is 1. The Morgan fingerprint density at radius 1 is 1.31 bits per heavy atom. The second kappa shape index (κ2) is 5.87. The molecule has 1 aliphatic carbocycles. The Kier molecular flexibility index (Phi) is 4.77. The minimum atomic E-state index is -0.944. The fourth-order valence-electron chi connectivity index (χ4n) is 2.15. The molecule has 1 atom stereocenters. The molecule has 1 rings (SSSR count). The normalized spacial score (nSPS) is 27.1. The summed E-state index contributed by atoms with van der Waals surface area (Å²) in [5, 5.41) is 11.5. The van der Waals surface area contributed by atoms with Gasteiger partial charge in [0, 0.05) is 5.92 Å². The molecule has 0 radical (unpaired) electrons. The van der Waals surface area contributed by atoms with Crippen LogP contribution in [0, 0.1) is 11.8 Å². The fraction of sp³-hybridized carbons (Fsp3) is 0.833. The van der Waals surface area contributed by atoms with E-state index in [-0.39, 0.29) is 11.8 Å². The van der Waals surface area contributed by atoms with Crippen LogP contribution in [0.15, 0.2) is 0 Å². The summed E-state index contributed by atoms with van der Waals surface area (Å²) < 4.78 is 0. The molecular weight excluding hydrogens is 206 g/mol. The van der Waals surface area contributed by atoms with Crippen molar-refractivity contribution in [3.8, 4) is 0 Å². The third-order valence-electron chi connectivity index (χ3n) is 3.41. The zero-order chi connectivity index (χ0) is 12.1. The number of hydrogen-bond donors (Lipinski definition) is 2. The second-order valence-corrected chi connectivity index (χ2v) is 4.76. The van der Waals surface area contributed by atoms with Crippen molar-refractivity contribution in [2.75, 3.05) is 0 Å². The highest BCUT2D eigenvalue weighted by molar-refractivity contribution is 5.84. The molecule has 1 saturated carbocycles. The molecule has 0 heterocycles. The van der Waals surface area contributed by atoms with Crippen molar-refractivity contribution in [2.45, 2.75) is 52.0 Å². The summed E-state index contributed by atoms with van der Waals surface area (Å²) in [6.07, 6.45) is 4.36. The van der Waals surface area contributed by atoms with Crippen LogP contribution in [0.4, 0.5) is 0 Å². The molecular formula is C12H21NO3. The van der Waals surface area contributed by atoms with E-state index in [9.17, 15) is 9.59 Å². The zero-order valence-electron chi connectivity index (χ0n) is 10.0. The monoisotopic (exact) mass is 227 g/mol. The van der Waals surface area contributed by atoms with Crippen LogP contribution in [0.3, 0.4) is 0 Å². The maximum Gasteiger partial charge on any atom is 0.326 e. The lowest BCUT2D eigenvalue weighted by Crippen LogP contribution is -2.43. The standard InChI is InChI=1S/C12H21NO3/c1-3-10(12(15)16)13-11(14)9-6-4-8(2)5-7-9/h8-10H,3-7H2,1-2H3,(H,13,14)(H,15,16). The average molecular weight is 227 g/mol. The van der Waals surface area contributed by atoms with Crippen molar-refractivity contribution in [1.82, 2.24) is 5.32 Å². The highest BCUT2D eigenvalue weighted by Gasteiger charge is 2.27. The van der Waals surface area contributed by atoms with Gasteiger partial charge in [0.05, 0.1) is 0 Å². The first-order valence-corrected chi connectivity index (χ1v) is 6.07. The molecule has 0 aromatic heterocycles. The first-order valence-electron chi connectivity index (χ1n) is 6.07. The van der Waals surface area contributed by atoms with Gasteiger partial charge < -0.3 is 10.4 Å². The lowest BCUT2D eigenvalue weighted by molar-refractivity contribution is -0.142. The van der Waals surface area contributed by atoms with Crippen molar-refractivity contribution in [2.24, 2.45) is 11.8 Å². The molecule has 0 saturated heterocycles. The molecule has 16 heavy (non-hydrogen) atoms. The van der Waals surface area contributed by atoms with Gasteiger partial charge in [0.25, 0.3) is 0 Å². The van der Waals surface area contributed by atoms with Gasteiger partial charge in [-0.15, -0.1) is 0 Å². The first kappa shape index (κ1) is 13.0. The summed E-state index contributed by atoms with van der Waals surface area (Å²) in [6, 6.07) is -0.730. The second-order valence-electron chi connectivity index (χ2n) is 4.76. The number of hydrogen-bond acceptors (Lipinski definition) is 2. The maximum absolute atomic E-state index is 11.8. The number of amides is 1. The Balaban J connectivity index is 2.42. The Labute approximate surface area is 96.4 Å². The fourth-order valence-corrected chi connectivity index (χ4v) is 2.15. The largest absolute Gasteiger partial charge is 0.480 e. The maximum atomic E-state index is 11.8. The first-order chi connectivity index (χ1) is 7.54. The predicted molar refractivity (Wildman–Crippen MR) is 61.0 cm³/mol. The molecule has 4 heteroatoms. The van der Waals surface area contributed by atoms with Crippen molar-refractivity contribution in [3.05, 3.63) is 0 Å². The summed E-state index contributed by atoms with van der Waals surface area (Å²) >= 11 is 0. The molecule has 1 unspecified atom stereocenters. The van der Waals surface area contributed by atoms with Gasteiger partial charge in [-0.05, 0) is 38.0 Å². The van der Waals surface area contributed by atoms with Crippen LogP contribution in [0.2, 0.25) is 0 Å². The number of carbonyl (C=O) groups excluding carboxylic acids is 1. The molecule has 1 fully saturated rings. The number of carboxylic acid groups (broad SMARTS) is 1. The molecule has 92 valence electrons. The van der Waals surface area contributed by atoms with Crippen molar-refractivity contribution in [3.63, 3.8) is 0 Å². The van der Waals surface area contributed by atoms with E-state index in [4.69, 9.17) is 5.11 Å². The summed E-state index contributed by atoms with van der Waals surface area (Å²) in [5.74, 6) is -0.309. The summed E-state index contributed by atoms with van der Waals surface area (Å²) in [5.41, 5.74) is 0. The van der Waals surface area contributed by atoms with Crippen LogP contribution in [-0.4, -0.2) is 23.0 Å². The summed E-state index contributed by atoms with van der Waals surface area (Å²) in [7, 11) is 0. The van der Waals surface area contributed by atoms with E-state index in [0.717, 1.165) is 25.7 Å². The van der Waals surface area contributed by atoms with E-state index >= 15 is 0 Å². The van der Waals surface area contributed by atoms with Gasteiger partial charge in [-0.25, -0.2) is 4.79 Å². The van der Waals surface area contributed by atoms with Crippen LogP contribution in [0.25, 0.3) is 0 Å². The van der Waals surface area contributed by atoms with Crippen molar-refractivity contribution >= 4 is 11.9 Å². The molecule has 2 N–H and O–H groups in total. The van der Waals surface area contributed by atoms with Gasteiger partial charge in [-0.1, -0.05) is 13.8 Å². The molecule has 4 nitrogen and oxygen atoms in total. The van der Waals surface area contributed by atoms with Crippen LogP contribution in [0.1, 0.15) is 46.0 Å². The molecule has 1 amide bonds. The van der Waals surface area contributed by atoms with E-state index in [1.54, 1.807) is 6.92 Å². The Hall–Kier alpha value is -1.06. The highest BCUT2D eigenvalue weighted by Crippen LogP contribution is 2.28. The molecule has 1 aliphatic rings. The molecule has 0 aliphatic heterocycles. The number of aliphatic carboxylic acids is 1. The highest BCUT2D eigenvalue weighted by atomic mass is 16.4. The third kappa shape index (κ3) is 3.51. The van der Waals surface area contributed by atoms with E-state index < -0.39 is 12.0 Å². The average Bonchev–Trinajstić information content (AvgIpc) is 2.26. The number of rotatable bonds is 4. The number of carbonyl (C=O) groups is 2. The molecule has 0 bridgehead atoms. The smallest absolute Gasteiger partial charge is 0.326 e. The van der Waals surface area contributed by atoms with Gasteiger partial charge in [0.15, 0.2) is 0 Å². The van der Waals surface area contributed by atoms with Gasteiger partial charge in [-0.3, -0.25) is 4.79 Å². The van der Waals surface area contributed by atoms with E-state index in [2.05, 4.69) is 12.2 Å². The SMILES string of the molecule is CCC(NC(=O)C1CCC(C)CC1)C(=O)O. The lowest BCUT2D eigenvalue weighted by Gasteiger charge is -2.26. The zero-order valence-corrected chi connectivity index (χ0v) is 10.0. The number of nitrogens with one attached hydrogen (secondary N) is 1.